The Kier molecular flexibility index (Phi) is 8.50. The maximum atomic E-state index is 13.8. The summed E-state index contributed by atoms with van der Waals surface area (Å²) in [6.45, 7) is 17.5. The number of rotatable bonds is 7. The van der Waals surface area contributed by atoms with Gasteiger partial charge in [0.05, 0.1) is 23.8 Å². The molecule has 0 bridgehead atoms. The average molecular weight is 547 g/mol. The lowest BCUT2D eigenvalue weighted by Crippen LogP contribution is -2.48. The molecule has 0 aliphatic carbocycles. The van der Waals surface area contributed by atoms with E-state index in [1.807, 2.05) is 35.2 Å². The average Bonchev–Trinajstić information content (AvgIpc) is 3.19. The van der Waals surface area contributed by atoms with E-state index in [2.05, 4.69) is 62.6 Å². The number of fused-ring (bicyclic) bond motifs is 1. The van der Waals surface area contributed by atoms with Crippen molar-refractivity contribution >= 4 is 40.3 Å². The van der Waals surface area contributed by atoms with Crippen LogP contribution in [0.4, 0.5) is 11.4 Å². The number of amides is 1. The third-order valence-electron chi connectivity index (χ3n) is 8.21. The van der Waals surface area contributed by atoms with Gasteiger partial charge in [-0.15, -0.1) is 0 Å². The monoisotopic (exact) mass is 546 g/mol. The molecule has 3 aliphatic rings. The summed E-state index contributed by atoms with van der Waals surface area (Å²) < 4.78 is 5.49. The number of benzene rings is 2. The fraction of sp³-hybridized carbons (Fsp3) is 0.500. The molecule has 1 atom stereocenters. The highest BCUT2D eigenvalue weighted by atomic mass is 32.2. The van der Waals surface area contributed by atoms with Crippen molar-refractivity contribution in [2.75, 3.05) is 50.8 Å². The lowest BCUT2D eigenvalue weighted by Gasteiger charge is -2.47. The van der Waals surface area contributed by atoms with E-state index >= 15 is 0 Å². The van der Waals surface area contributed by atoms with Gasteiger partial charge in [0, 0.05) is 44.0 Å². The zero-order chi connectivity index (χ0) is 27.6. The van der Waals surface area contributed by atoms with Crippen LogP contribution < -0.4 is 4.90 Å². The topological polar surface area (TPSA) is 48.4 Å². The first-order valence-electron chi connectivity index (χ1n) is 14.3. The van der Waals surface area contributed by atoms with Gasteiger partial charge in [-0.25, -0.2) is 4.99 Å². The van der Waals surface area contributed by atoms with Gasteiger partial charge in [-0.05, 0) is 105 Å². The van der Waals surface area contributed by atoms with Gasteiger partial charge in [0.2, 0.25) is 0 Å². The zero-order valence-corrected chi connectivity index (χ0v) is 24.9. The molecule has 1 amide bonds. The predicted octanol–water partition coefficient (Wildman–Crippen LogP) is 6.43. The minimum absolute atomic E-state index is 0.0538. The molecule has 3 heterocycles. The van der Waals surface area contributed by atoms with Gasteiger partial charge in [0.15, 0.2) is 5.17 Å². The predicted molar refractivity (Wildman–Crippen MR) is 164 cm³/mol. The van der Waals surface area contributed by atoms with Crippen LogP contribution in [-0.4, -0.2) is 72.4 Å². The molecule has 7 heteroatoms. The summed E-state index contributed by atoms with van der Waals surface area (Å²) in [5.41, 5.74) is 6.04. The Labute approximate surface area is 238 Å². The van der Waals surface area contributed by atoms with E-state index in [1.165, 1.54) is 28.6 Å². The van der Waals surface area contributed by atoms with E-state index in [-0.39, 0.29) is 11.4 Å². The molecule has 1 unspecified atom stereocenters. The maximum Gasteiger partial charge on any atom is 0.266 e. The van der Waals surface area contributed by atoms with E-state index < -0.39 is 0 Å². The minimum Gasteiger partial charge on any atom is -0.379 e. The number of carbonyl (C=O) groups excluding carboxylic acids is 1. The Hall–Kier alpha value is -2.61. The van der Waals surface area contributed by atoms with Gasteiger partial charge >= 0.3 is 0 Å². The van der Waals surface area contributed by atoms with E-state index in [9.17, 15) is 4.79 Å². The Bertz CT molecular complexity index is 1250. The Morgan fingerprint density at radius 3 is 2.59 bits per heavy atom. The minimum atomic E-state index is 0.0538. The summed E-state index contributed by atoms with van der Waals surface area (Å²) in [5.74, 6) is 0.521. The number of ether oxygens (including phenoxy) is 1. The fourth-order valence-electron chi connectivity index (χ4n) is 6.22. The molecule has 0 saturated carbocycles. The zero-order valence-electron chi connectivity index (χ0n) is 24.1. The van der Waals surface area contributed by atoms with E-state index in [0.717, 1.165) is 73.6 Å². The molecular formula is C32H42N4O2S. The van der Waals surface area contributed by atoms with Crippen LogP contribution in [0.3, 0.4) is 0 Å². The van der Waals surface area contributed by atoms with Crippen molar-refractivity contribution in [3.8, 4) is 0 Å². The number of anilines is 1. The van der Waals surface area contributed by atoms with Crippen LogP contribution in [0.1, 0.15) is 63.1 Å². The summed E-state index contributed by atoms with van der Waals surface area (Å²) >= 11 is 1.50. The smallest absolute Gasteiger partial charge is 0.266 e. The molecule has 0 aromatic heterocycles. The van der Waals surface area contributed by atoms with Crippen molar-refractivity contribution < 1.29 is 9.53 Å². The first-order valence-corrected chi connectivity index (χ1v) is 15.2. The fourth-order valence-corrected chi connectivity index (χ4v) is 7.24. The molecular weight excluding hydrogens is 504 g/mol. The second-order valence-electron chi connectivity index (χ2n) is 11.5. The number of nitrogens with zero attached hydrogens (tertiary/aromatic N) is 4. The molecule has 2 aromatic carbocycles. The molecule has 3 aliphatic heterocycles. The van der Waals surface area contributed by atoms with Crippen LogP contribution in [0.15, 0.2) is 52.4 Å². The van der Waals surface area contributed by atoms with Crippen LogP contribution in [0.5, 0.6) is 0 Å². The number of amidine groups is 1. The van der Waals surface area contributed by atoms with Gasteiger partial charge in [0.1, 0.15) is 0 Å². The van der Waals surface area contributed by atoms with Gasteiger partial charge < -0.3 is 9.64 Å². The second kappa shape index (κ2) is 11.9. The van der Waals surface area contributed by atoms with Gasteiger partial charge in [-0.3, -0.25) is 14.6 Å². The molecule has 208 valence electrons. The van der Waals surface area contributed by atoms with Crippen molar-refractivity contribution in [2.45, 2.75) is 58.9 Å². The van der Waals surface area contributed by atoms with Crippen molar-refractivity contribution in [1.82, 2.24) is 9.80 Å². The molecule has 0 N–H and O–H groups in total. The summed E-state index contributed by atoms with van der Waals surface area (Å²) in [4.78, 5) is 26.2. The third-order valence-corrected chi connectivity index (χ3v) is 9.21. The number of thioether (sulfide) groups is 1. The number of hydrogen-bond donors (Lipinski definition) is 0. The molecule has 39 heavy (non-hydrogen) atoms. The molecule has 6 nitrogen and oxygen atoms in total. The van der Waals surface area contributed by atoms with Crippen molar-refractivity contribution in [1.29, 1.82) is 0 Å². The lowest BCUT2D eigenvalue weighted by atomic mass is 9.79. The van der Waals surface area contributed by atoms with Crippen molar-refractivity contribution in [2.24, 2.45) is 4.99 Å². The molecule has 2 aromatic rings. The lowest BCUT2D eigenvalue weighted by molar-refractivity contribution is -0.122. The van der Waals surface area contributed by atoms with Crippen LogP contribution in [0, 0.1) is 6.92 Å². The summed E-state index contributed by atoms with van der Waals surface area (Å²) in [6, 6.07) is 14.6. The largest absolute Gasteiger partial charge is 0.379 e. The van der Waals surface area contributed by atoms with E-state index in [4.69, 9.17) is 9.73 Å². The molecule has 2 fully saturated rings. The van der Waals surface area contributed by atoms with E-state index in [1.54, 1.807) is 0 Å². The first kappa shape index (κ1) is 27.9. The summed E-state index contributed by atoms with van der Waals surface area (Å²) in [5, 5.41) is 0.766. The standard InChI is InChI=1S/C32H42N4O2S/c1-6-36-28-19-23(2)25(20-27(28)24(3)22-32(36,4)5)21-29-30(37)35(14-10-13-34-15-17-38-18-16-34)31(39-29)33-26-11-8-7-9-12-26/h7-9,11-12,19-21,24H,6,10,13-18,22H2,1-5H3/b29-21+,33-31?. The van der Waals surface area contributed by atoms with Crippen LogP contribution in [0.2, 0.25) is 0 Å². The molecule has 2 saturated heterocycles. The number of morpholine rings is 1. The van der Waals surface area contributed by atoms with Gasteiger partial charge in [-0.1, -0.05) is 25.1 Å². The van der Waals surface area contributed by atoms with Crippen molar-refractivity contribution in [3.05, 3.63) is 64.1 Å². The Balaban J connectivity index is 1.43. The SMILES string of the molecule is CCN1c2cc(C)c(/C=C3/SC(=Nc4ccccc4)N(CCCN4CCOCC4)C3=O)cc2C(C)CC1(C)C. The number of aliphatic imine (C=N–C) groups is 1. The third kappa shape index (κ3) is 6.11. The van der Waals surface area contributed by atoms with E-state index in [0.29, 0.717) is 12.5 Å². The number of hydrogen-bond acceptors (Lipinski definition) is 6. The maximum absolute atomic E-state index is 13.8. The van der Waals surface area contributed by atoms with Crippen LogP contribution in [-0.2, 0) is 9.53 Å². The number of para-hydroxylation sites is 1. The highest BCUT2D eigenvalue weighted by molar-refractivity contribution is 8.18. The molecule has 5 rings (SSSR count). The Morgan fingerprint density at radius 1 is 1.13 bits per heavy atom. The van der Waals surface area contributed by atoms with Crippen LogP contribution in [0.25, 0.3) is 6.08 Å². The highest BCUT2D eigenvalue weighted by Crippen LogP contribution is 2.45. The van der Waals surface area contributed by atoms with Crippen LogP contribution >= 0.6 is 11.8 Å². The van der Waals surface area contributed by atoms with Gasteiger partial charge in [0.25, 0.3) is 5.91 Å². The molecule has 0 spiro atoms. The highest BCUT2D eigenvalue weighted by Gasteiger charge is 2.37. The summed E-state index contributed by atoms with van der Waals surface area (Å²) in [7, 11) is 0. The van der Waals surface area contributed by atoms with Crippen molar-refractivity contribution in [3.63, 3.8) is 0 Å². The summed E-state index contributed by atoms with van der Waals surface area (Å²) in [6.07, 6.45) is 4.12. The quantitative estimate of drug-likeness (QED) is 0.375. The number of aryl methyl sites for hydroxylation is 1. The Morgan fingerprint density at radius 2 is 1.87 bits per heavy atom. The first-order chi connectivity index (χ1) is 18.8. The normalized spacial score (nSPS) is 23.6. The van der Waals surface area contributed by atoms with Gasteiger partial charge in [-0.2, -0.15) is 0 Å². The molecule has 0 radical (unpaired) electrons. The number of carbonyl (C=O) groups is 1. The second-order valence-corrected chi connectivity index (χ2v) is 12.5.